The smallest absolute Gasteiger partial charge is 0.231 e. The van der Waals surface area contributed by atoms with E-state index in [4.69, 9.17) is 13.9 Å². The second kappa shape index (κ2) is 7.22. The largest absolute Gasteiger partial charge is 0.454 e. The van der Waals surface area contributed by atoms with E-state index in [1.807, 2.05) is 67.6 Å². The number of nitrogens with zero attached hydrogens (tertiary/aromatic N) is 2. The van der Waals surface area contributed by atoms with Crippen molar-refractivity contribution in [3.05, 3.63) is 71.8 Å². The number of anilines is 1. The minimum Gasteiger partial charge on any atom is -0.454 e. The molecule has 1 amide bonds. The summed E-state index contributed by atoms with van der Waals surface area (Å²) in [5.74, 6) is 1.92. The number of ether oxygens (including phenoxy) is 2. The molecule has 4 aromatic rings. The Morgan fingerprint density at radius 1 is 1.00 bits per heavy atom. The molecule has 1 aliphatic rings. The molecule has 0 aliphatic carbocycles. The molecule has 6 heteroatoms. The maximum Gasteiger partial charge on any atom is 0.231 e. The number of hydrogen-bond acceptors (Lipinski definition) is 5. The Kier molecular flexibility index (Phi) is 4.39. The van der Waals surface area contributed by atoms with Gasteiger partial charge in [0.1, 0.15) is 5.52 Å². The number of carbonyl (C=O) groups is 1. The Balaban J connectivity index is 1.46. The Morgan fingerprint density at radius 2 is 1.80 bits per heavy atom. The van der Waals surface area contributed by atoms with Crippen LogP contribution < -0.4 is 14.4 Å². The van der Waals surface area contributed by atoms with Gasteiger partial charge in [-0.2, -0.15) is 0 Å². The van der Waals surface area contributed by atoms with Crippen molar-refractivity contribution >= 4 is 22.7 Å². The van der Waals surface area contributed by atoms with Gasteiger partial charge >= 0.3 is 0 Å². The molecule has 150 valence electrons. The van der Waals surface area contributed by atoms with Crippen molar-refractivity contribution in [3.8, 4) is 23.0 Å². The Hall–Kier alpha value is -3.80. The Bertz CT molecular complexity index is 1240. The second-order valence-corrected chi connectivity index (χ2v) is 7.33. The third-order valence-corrected chi connectivity index (χ3v) is 5.14. The van der Waals surface area contributed by atoms with Crippen molar-refractivity contribution in [1.82, 2.24) is 4.98 Å². The molecule has 0 saturated heterocycles. The highest BCUT2D eigenvalue weighted by molar-refractivity contribution is 5.93. The molecule has 0 bridgehead atoms. The molecule has 0 fully saturated rings. The maximum atomic E-state index is 12.4. The zero-order chi connectivity index (χ0) is 20.7. The number of carbonyl (C=O) groups excluding carboxylic acids is 1. The summed E-state index contributed by atoms with van der Waals surface area (Å²) in [5, 5.41) is 0. The van der Waals surface area contributed by atoms with Crippen molar-refractivity contribution in [1.29, 1.82) is 0 Å². The first-order chi connectivity index (χ1) is 14.6. The van der Waals surface area contributed by atoms with Crippen LogP contribution in [0.15, 0.2) is 65.1 Å². The summed E-state index contributed by atoms with van der Waals surface area (Å²) < 4.78 is 16.8. The highest BCUT2D eigenvalue weighted by atomic mass is 16.7. The van der Waals surface area contributed by atoms with E-state index in [1.54, 1.807) is 11.8 Å². The van der Waals surface area contributed by atoms with Crippen molar-refractivity contribution in [2.75, 3.05) is 11.7 Å². The van der Waals surface area contributed by atoms with Crippen LogP contribution >= 0.6 is 0 Å². The van der Waals surface area contributed by atoms with Gasteiger partial charge in [0.2, 0.25) is 18.6 Å². The predicted octanol–water partition coefficient (Wildman–Crippen LogP) is 5.09. The molecule has 0 spiro atoms. The fraction of sp³-hybridized carbons (Fsp3) is 0.167. The van der Waals surface area contributed by atoms with Crippen LogP contribution in [0.5, 0.6) is 11.5 Å². The second-order valence-electron chi connectivity index (χ2n) is 7.33. The molecule has 0 unspecified atom stereocenters. The predicted molar refractivity (Wildman–Crippen MR) is 114 cm³/mol. The summed E-state index contributed by atoms with van der Waals surface area (Å²) in [4.78, 5) is 18.7. The average molecular weight is 400 g/mol. The molecule has 0 radical (unpaired) electrons. The van der Waals surface area contributed by atoms with Crippen LogP contribution in [0.4, 0.5) is 5.69 Å². The van der Waals surface area contributed by atoms with Crippen LogP contribution in [0.1, 0.15) is 18.1 Å². The SMILES string of the molecule is CC(=O)N(Cc1ccc2c(c1)OCO2)c1ccc2nc(-c3ccc(C)cc3)oc2c1. The van der Waals surface area contributed by atoms with E-state index in [2.05, 4.69) is 4.98 Å². The molecule has 5 rings (SSSR count). The number of oxazole rings is 1. The highest BCUT2D eigenvalue weighted by Crippen LogP contribution is 2.34. The molecule has 0 saturated carbocycles. The highest BCUT2D eigenvalue weighted by Gasteiger charge is 2.18. The molecule has 2 heterocycles. The van der Waals surface area contributed by atoms with Crippen LogP contribution in [0.3, 0.4) is 0 Å². The molecule has 1 aliphatic heterocycles. The van der Waals surface area contributed by atoms with Crippen molar-refractivity contribution in [2.45, 2.75) is 20.4 Å². The molecule has 0 N–H and O–H groups in total. The van der Waals surface area contributed by atoms with E-state index in [9.17, 15) is 4.79 Å². The van der Waals surface area contributed by atoms with Crippen LogP contribution in [-0.2, 0) is 11.3 Å². The number of fused-ring (bicyclic) bond motifs is 2. The molecule has 6 nitrogen and oxygen atoms in total. The van der Waals surface area contributed by atoms with Crippen molar-refractivity contribution in [3.63, 3.8) is 0 Å². The first kappa shape index (κ1) is 18.2. The van der Waals surface area contributed by atoms with Crippen LogP contribution in [0.2, 0.25) is 0 Å². The van der Waals surface area contributed by atoms with Gasteiger partial charge in [-0.15, -0.1) is 0 Å². The molecule has 0 atom stereocenters. The van der Waals surface area contributed by atoms with Crippen molar-refractivity contribution < 1.29 is 18.7 Å². The van der Waals surface area contributed by atoms with E-state index < -0.39 is 0 Å². The van der Waals surface area contributed by atoms with Crippen LogP contribution in [-0.4, -0.2) is 17.7 Å². The summed E-state index contributed by atoms with van der Waals surface area (Å²) in [6.45, 7) is 4.23. The third-order valence-electron chi connectivity index (χ3n) is 5.14. The van der Waals surface area contributed by atoms with E-state index in [0.717, 1.165) is 28.1 Å². The average Bonchev–Trinajstić information content (AvgIpc) is 3.38. The fourth-order valence-corrected chi connectivity index (χ4v) is 3.51. The normalized spacial score (nSPS) is 12.3. The molecule has 3 aromatic carbocycles. The van der Waals surface area contributed by atoms with Gasteiger partial charge in [-0.05, 0) is 48.9 Å². The van der Waals surface area contributed by atoms with Gasteiger partial charge in [0.15, 0.2) is 17.1 Å². The number of amides is 1. The van der Waals surface area contributed by atoms with E-state index in [0.29, 0.717) is 23.8 Å². The van der Waals surface area contributed by atoms with Gasteiger partial charge in [-0.25, -0.2) is 4.98 Å². The van der Waals surface area contributed by atoms with Gasteiger partial charge in [-0.1, -0.05) is 23.8 Å². The Labute approximate surface area is 173 Å². The zero-order valence-electron chi connectivity index (χ0n) is 16.7. The molecule has 1 aromatic heterocycles. The first-order valence-corrected chi connectivity index (χ1v) is 9.71. The number of hydrogen-bond donors (Lipinski definition) is 0. The number of benzene rings is 3. The van der Waals surface area contributed by atoms with Gasteiger partial charge in [0, 0.05) is 24.2 Å². The number of rotatable bonds is 4. The van der Waals surface area contributed by atoms with Crippen LogP contribution in [0, 0.1) is 6.92 Å². The quantitative estimate of drug-likeness (QED) is 0.478. The zero-order valence-corrected chi connectivity index (χ0v) is 16.7. The van der Waals surface area contributed by atoms with Gasteiger partial charge in [0.25, 0.3) is 0 Å². The van der Waals surface area contributed by atoms with Crippen molar-refractivity contribution in [2.24, 2.45) is 0 Å². The lowest BCUT2D eigenvalue weighted by Crippen LogP contribution is -2.27. The third kappa shape index (κ3) is 3.37. The number of aromatic nitrogens is 1. The fourth-order valence-electron chi connectivity index (χ4n) is 3.51. The molecular formula is C24H20N2O4. The minimum atomic E-state index is -0.0645. The number of aryl methyl sites for hydroxylation is 1. The molecular weight excluding hydrogens is 380 g/mol. The summed E-state index contributed by atoms with van der Waals surface area (Å²) in [6.07, 6.45) is 0. The minimum absolute atomic E-state index is 0.0645. The van der Waals surface area contributed by atoms with E-state index in [-0.39, 0.29) is 12.7 Å². The lowest BCUT2D eigenvalue weighted by Gasteiger charge is -2.21. The lowest BCUT2D eigenvalue weighted by atomic mass is 10.1. The van der Waals surface area contributed by atoms with E-state index in [1.165, 1.54) is 5.56 Å². The van der Waals surface area contributed by atoms with Gasteiger partial charge in [-0.3, -0.25) is 4.79 Å². The monoisotopic (exact) mass is 400 g/mol. The molecule has 30 heavy (non-hydrogen) atoms. The lowest BCUT2D eigenvalue weighted by molar-refractivity contribution is -0.116. The van der Waals surface area contributed by atoms with E-state index >= 15 is 0 Å². The Morgan fingerprint density at radius 3 is 2.60 bits per heavy atom. The first-order valence-electron chi connectivity index (χ1n) is 9.71. The van der Waals surface area contributed by atoms with Gasteiger partial charge in [0.05, 0.1) is 6.54 Å². The summed E-state index contributed by atoms with van der Waals surface area (Å²) in [7, 11) is 0. The summed E-state index contributed by atoms with van der Waals surface area (Å²) in [5.41, 5.74) is 5.19. The summed E-state index contributed by atoms with van der Waals surface area (Å²) in [6, 6.07) is 19.4. The summed E-state index contributed by atoms with van der Waals surface area (Å²) >= 11 is 0. The van der Waals surface area contributed by atoms with Gasteiger partial charge < -0.3 is 18.8 Å². The topological polar surface area (TPSA) is 64.8 Å². The maximum absolute atomic E-state index is 12.4. The standard InChI is InChI=1S/C24H20N2O4/c1-15-3-6-18(7-4-15)24-25-20-9-8-19(12-22(20)30-24)26(16(2)27)13-17-5-10-21-23(11-17)29-14-28-21/h3-12H,13-14H2,1-2H3. The van der Waals surface area contributed by atoms with Crippen LogP contribution in [0.25, 0.3) is 22.6 Å².